The van der Waals surface area contributed by atoms with Crippen LogP contribution in [0.2, 0.25) is 0 Å². The van der Waals surface area contributed by atoms with E-state index in [1.54, 1.807) is 0 Å². The van der Waals surface area contributed by atoms with Crippen LogP contribution in [0.4, 0.5) is 17.1 Å². The Labute approximate surface area is 170 Å². The van der Waals surface area contributed by atoms with Crippen molar-refractivity contribution in [1.82, 2.24) is 4.90 Å². The topological polar surface area (TPSA) is 39.5 Å². The van der Waals surface area contributed by atoms with Crippen LogP contribution in [0.25, 0.3) is 5.70 Å². The highest BCUT2D eigenvalue weighted by molar-refractivity contribution is 5.87. The number of nitrogens with zero attached hydrogens (tertiary/aromatic N) is 3. The van der Waals surface area contributed by atoms with Crippen LogP contribution >= 0.6 is 0 Å². The Balaban J connectivity index is 1.63. The molecule has 4 nitrogen and oxygen atoms in total. The number of hydrogen-bond donors (Lipinski definition) is 0. The lowest BCUT2D eigenvalue weighted by atomic mass is 10.0. The van der Waals surface area contributed by atoms with Crippen LogP contribution in [0, 0.1) is 11.3 Å². The minimum absolute atomic E-state index is 0.621. The highest BCUT2D eigenvalue weighted by atomic mass is 16.5. The van der Waals surface area contributed by atoms with Crippen LogP contribution in [0.15, 0.2) is 90.5 Å². The summed E-state index contributed by atoms with van der Waals surface area (Å²) in [6.07, 6.45) is 3.92. The van der Waals surface area contributed by atoms with Gasteiger partial charge in [0.15, 0.2) is 11.5 Å². The number of anilines is 3. The fourth-order valence-corrected chi connectivity index (χ4v) is 3.88. The molecule has 2 heterocycles. The molecular weight excluding hydrogens is 358 g/mol. The SMILES string of the molecule is CN1CC(C#N)=CC=C1c1cccc(N2c3ccccc3Oc3ccccc32)c1. The summed E-state index contributed by atoms with van der Waals surface area (Å²) < 4.78 is 6.12. The summed E-state index contributed by atoms with van der Waals surface area (Å²) in [6, 6.07) is 26.9. The summed E-state index contributed by atoms with van der Waals surface area (Å²) in [7, 11) is 2.02. The Morgan fingerprint density at radius 1 is 0.862 bits per heavy atom. The summed E-state index contributed by atoms with van der Waals surface area (Å²) in [5.74, 6) is 1.68. The van der Waals surface area contributed by atoms with Crippen LogP contribution in [0.5, 0.6) is 11.5 Å². The summed E-state index contributed by atoms with van der Waals surface area (Å²) in [5.41, 5.74) is 6.07. The van der Waals surface area contributed by atoms with Gasteiger partial charge in [-0.1, -0.05) is 36.4 Å². The average molecular weight is 377 g/mol. The minimum Gasteiger partial charge on any atom is -0.453 e. The van der Waals surface area contributed by atoms with E-state index in [1.807, 2.05) is 55.6 Å². The number of likely N-dealkylation sites (N-methyl/N-ethyl adjacent to an activating group) is 1. The quantitative estimate of drug-likeness (QED) is 0.430. The van der Waals surface area contributed by atoms with E-state index in [2.05, 4.69) is 52.3 Å². The molecule has 3 aromatic carbocycles. The molecule has 2 aliphatic rings. The Kier molecular flexibility index (Phi) is 4.07. The second kappa shape index (κ2) is 6.88. The van der Waals surface area contributed by atoms with Gasteiger partial charge in [0.25, 0.3) is 0 Å². The molecule has 0 aliphatic carbocycles. The number of nitriles is 1. The first-order valence-electron chi connectivity index (χ1n) is 9.53. The number of para-hydroxylation sites is 4. The fraction of sp³-hybridized carbons (Fsp3) is 0.0800. The number of allylic oxidation sites excluding steroid dienone is 2. The highest BCUT2D eigenvalue weighted by Gasteiger charge is 2.25. The van der Waals surface area contributed by atoms with E-state index in [9.17, 15) is 5.26 Å². The van der Waals surface area contributed by atoms with Crippen LogP contribution in [-0.2, 0) is 0 Å². The van der Waals surface area contributed by atoms with Gasteiger partial charge in [0.05, 0.1) is 24.0 Å². The molecule has 3 aromatic rings. The van der Waals surface area contributed by atoms with Crippen molar-refractivity contribution in [3.05, 3.63) is 96.1 Å². The fourth-order valence-electron chi connectivity index (χ4n) is 3.88. The third-order valence-electron chi connectivity index (χ3n) is 5.24. The Morgan fingerprint density at radius 2 is 1.55 bits per heavy atom. The number of hydrogen-bond acceptors (Lipinski definition) is 4. The van der Waals surface area contributed by atoms with Gasteiger partial charge in [-0.25, -0.2) is 0 Å². The van der Waals surface area contributed by atoms with Gasteiger partial charge >= 0.3 is 0 Å². The van der Waals surface area contributed by atoms with Crippen LogP contribution < -0.4 is 9.64 Å². The second-order valence-electron chi connectivity index (χ2n) is 7.13. The molecule has 5 rings (SSSR count). The molecule has 0 radical (unpaired) electrons. The number of rotatable bonds is 2. The van der Waals surface area contributed by atoms with Gasteiger partial charge in [0.2, 0.25) is 0 Å². The third-order valence-corrected chi connectivity index (χ3v) is 5.24. The van der Waals surface area contributed by atoms with E-state index in [-0.39, 0.29) is 0 Å². The zero-order valence-corrected chi connectivity index (χ0v) is 16.0. The second-order valence-corrected chi connectivity index (χ2v) is 7.13. The van der Waals surface area contributed by atoms with Crippen molar-refractivity contribution in [3.8, 4) is 17.6 Å². The standard InChI is InChI=1S/C25H19N3O/c1-27-17-18(16-26)13-14-21(27)19-7-6-8-20(15-19)28-22-9-2-4-11-24(22)29-25-12-5-3-10-23(25)28/h2-15H,17H2,1H3. The number of benzene rings is 3. The van der Waals surface area contributed by atoms with Crippen molar-refractivity contribution in [2.24, 2.45) is 0 Å². The van der Waals surface area contributed by atoms with Gasteiger partial charge in [0.1, 0.15) is 0 Å². The van der Waals surface area contributed by atoms with Crippen LogP contribution in [-0.4, -0.2) is 18.5 Å². The summed E-state index contributed by atoms with van der Waals surface area (Å²) >= 11 is 0. The maximum absolute atomic E-state index is 9.17. The summed E-state index contributed by atoms with van der Waals surface area (Å²) in [6.45, 7) is 0.621. The first kappa shape index (κ1) is 17.2. The first-order valence-corrected chi connectivity index (χ1v) is 9.53. The van der Waals surface area contributed by atoms with E-state index in [4.69, 9.17) is 4.74 Å². The molecule has 4 heteroatoms. The van der Waals surface area contributed by atoms with Crippen molar-refractivity contribution in [3.63, 3.8) is 0 Å². The smallest absolute Gasteiger partial charge is 0.151 e. The van der Waals surface area contributed by atoms with Gasteiger partial charge in [-0.2, -0.15) is 5.26 Å². The molecule has 0 unspecified atom stereocenters. The van der Waals surface area contributed by atoms with Gasteiger partial charge in [-0.15, -0.1) is 0 Å². The molecule has 2 aliphatic heterocycles. The summed E-state index contributed by atoms with van der Waals surface area (Å²) in [4.78, 5) is 4.34. The monoisotopic (exact) mass is 377 g/mol. The molecule has 0 aromatic heterocycles. The van der Waals surface area contributed by atoms with Crippen molar-refractivity contribution in [2.75, 3.05) is 18.5 Å². The lowest BCUT2D eigenvalue weighted by Gasteiger charge is -2.33. The zero-order valence-electron chi connectivity index (χ0n) is 16.0. The van der Waals surface area contributed by atoms with Crippen molar-refractivity contribution < 1.29 is 4.74 Å². The van der Waals surface area contributed by atoms with Crippen molar-refractivity contribution in [1.29, 1.82) is 5.26 Å². The van der Waals surface area contributed by atoms with E-state index in [0.29, 0.717) is 6.54 Å². The van der Waals surface area contributed by atoms with E-state index < -0.39 is 0 Å². The molecule has 0 amide bonds. The maximum Gasteiger partial charge on any atom is 0.151 e. The van der Waals surface area contributed by atoms with Crippen molar-refractivity contribution >= 4 is 22.8 Å². The maximum atomic E-state index is 9.17. The first-order chi connectivity index (χ1) is 14.2. The van der Waals surface area contributed by atoms with Crippen LogP contribution in [0.1, 0.15) is 5.56 Å². The Morgan fingerprint density at radius 3 is 2.21 bits per heavy atom. The van der Waals surface area contributed by atoms with Crippen LogP contribution in [0.3, 0.4) is 0 Å². The van der Waals surface area contributed by atoms with Gasteiger partial charge in [0, 0.05) is 24.0 Å². The molecule has 140 valence electrons. The van der Waals surface area contributed by atoms with Gasteiger partial charge < -0.3 is 14.5 Å². The third kappa shape index (κ3) is 2.94. The Hall–Kier alpha value is -3.97. The Bertz CT molecular complexity index is 1160. The van der Waals surface area contributed by atoms with Gasteiger partial charge in [-0.05, 0) is 54.1 Å². The zero-order chi connectivity index (χ0) is 19.8. The van der Waals surface area contributed by atoms with E-state index >= 15 is 0 Å². The lowest BCUT2D eigenvalue weighted by molar-refractivity contribution is 0.477. The summed E-state index contributed by atoms with van der Waals surface area (Å²) in [5, 5.41) is 9.17. The molecule has 0 atom stereocenters. The van der Waals surface area contributed by atoms with E-state index in [0.717, 1.165) is 45.4 Å². The molecule has 0 saturated carbocycles. The number of fused-ring (bicyclic) bond motifs is 2. The molecular formula is C25H19N3O. The predicted molar refractivity (Wildman–Crippen MR) is 116 cm³/mol. The van der Waals surface area contributed by atoms with E-state index in [1.165, 1.54) is 0 Å². The van der Waals surface area contributed by atoms with Gasteiger partial charge in [-0.3, -0.25) is 0 Å². The molecule has 0 fully saturated rings. The highest BCUT2D eigenvalue weighted by Crippen LogP contribution is 2.50. The molecule has 0 bridgehead atoms. The minimum atomic E-state index is 0.621. The predicted octanol–water partition coefficient (Wildman–Crippen LogP) is 6.00. The molecule has 0 N–H and O–H groups in total. The largest absolute Gasteiger partial charge is 0.453 e. The molecule has 0 saturated heterocycles. The normalized spacial score (nSPS) is 14.8. The lowest BCUT2D eigenvalue weighted by Crippen LogP contribution is -2.22. The molecule has 29 heavy (non-hydrogen) atoms. The average Bonchev–Trinajstić information content (AvgIpc) is 2.77. The van der Waals surface area contributed by atoms with Crippen molar-refractivity contribution in [2.45, 2.75) is 0 Å². The molecule has 0 spiro atoms. The number of ether oxygens (including phenoxy) is 1.